The molecule has 2 aromatic rings. The smallest absolute Gasteiger partial charge is 0.147 e. The number of hydrogen-bond donors (Lipinski definition) is 1. The Hall–Kier alpha value is -1.81. The first-order valence-electron chi connectivity index (χ1n) is 6.37. The van der Waals surface area contributed by atoms with Crippen LogP contribution in [0.5, 0.6) is 0 Å². The zero-order valence-corrected chi connectivity index (χ0v) is 11.3. The molecule has 0 amide bonds. The van der Waals surface area contributed by atoms with Crippen LogP contribution in [0.2, 0.25) is 5.15 Å². The summed E-state index contributed by atoms with van der Waals surface area (Å²) in [6.07, 6.45) is 4.44. The third-order valence-corrected chi connectivity index (χ3v) is 3.39. The lowest BCUT2D eigenvalue weighted by Gasteiger charge is -2.23. The summed E-state index contributed by atoms with van der Waals surface area (Å²) in [5.41, 5.74) is 3.33. The second-order valence-corrected chi connectivity index (χ2v) is 4.94. The van der Waals surface area contributed by atoms with E-state index in [-0.39, 0.29) is 0 Å². The molecule has 1 aliphatic rings. The Labute approximate surface area is 117 Å². The van der Waals surface area contributed by atoms with E-state index in [2.05, 4.69) is 44.5 Å². The van der Waals surface area contributed by atoms with E-state index in [1.165, 1.54) is 11.4 Å². The van der Waals surface area contributed by atoms with Gasteiger partial charge >= 0.3 is 0 Å². The fourth-order valence-corrected chi connectivity index (χ4v) is 2.39. The van der Waals surface area contributed by atoms with Gasteiger partial charge in [-0.2, -0.15) is 0 Å². The Morgan fingerprint density at radius 1 is 1.21 bits per heavy atom. The molecule has 0 spiro atoms. The van der Waals surface area contributed by atoms with Gasteiger partial charge in [-0.05, 0) is 18.6 Å². The lowest BCUT2D eigenvalue weighted by atomic mass is 10.2. The highest BCUT2D eigenvalue weighted by Crippen LogP contribution is 2.28. The molecule has 0 aliphatic carbocycles. The number of aromatic nitrogens is 2. The predicted octanol–water partition coefficient (Wildman–Crippen LogP) is 2.95. The van der Waals surface area contributed by atoms with Gasteiger partial charge < -0.3 is 10.2 Å². The Balaban J connectivity index is 1.86. The first-order valence-corrected chi connectivity index (χ1v) is 6.75. The van der Waals surface area contributed by atoms with Crippen LogP contribution in [-0.4, -0.2) is 23.1 Å². The van der Waals surface area contributed by atoms with Crippen molar-refractivity contribution in [2.24, 2.45) is 0 Å². The molecule has 1 aliphatic heterocycles. The number of anilines is 2. The van der Waals surface area contributed by atoms with Gasteiger partial charge in [-0.15, -0.1) is 0 Å². The summed E-state index contributed by atoms with van der Waals surface area (Å²) in [4.78, 5) is 10.7. The van der Waals surface area contributed by atoms with Gasteiger partial charge in [0.2, 0.25) is 0 Å². The Kier molecular flexibility index (Phi) is 3.51. The molecule has 1 N–H and O–H groups in total. The molecule has 0 atom stereocenters. The molecule has 0 unspecified atom stereocenters. The molecule has 0 radical (unpaired) electrons. The first-order chi connectivity index (χ1) is 9.33. The zero-order valence-electron chi connectivity index (χ0n) is 10.5. The van der Waals surface area contributed by atoms with Crippen LogP contribution >= 0.6 is 11.6 Å². The molecule has 1 aromatic heterocycles. The second-order valence-electron chi connectivity index (χ2n) is 4.55. The van der Waals surface area contributed by atoms with Gasteiger partial charge in [-0.25, -0.2) is 4.98 Å². The van der Waals surface area contributed by atoms with Gasteiger partial charge in [0, 0.05) is 13.1 Å². The average molecular weight is 275 g/mol. The van der Waals surface area contributed by atoms with Crippen LogP contribution in [0.1, 0.15) is 12.1 Å². The Morgan fingerprint density at radius 2 is 2.11 bits per heavy atom. The summed E-state index contributed by atoms with van der Waals surface area (Å²) in [6.45, 7) is 2.76. The molecule has 0 fully saturated rings. The topological polar surface area (TPSA) is 41.1 Å². The summed E-state index contributed by atoms with van der Waals surface area (Å²) in [5.74, 6) is 0. The van der Waals surface area contributed by atoms with Gasteiger partial charge in [-0.1, -0.05) is 23.7 Å². The van der Waals surface area contributed by atoms with Crippen LogP contribution in [0.4, 0.5) is 11.4 Å². The summed E-state index contributed by atoms with van der Waals surface area (Å²) in [7, 11) is 0. The molecule has 1 aromatic carbocycles. The maximum Gasteiger partial charge on any atom is 0.147 e. The van der Waals surface area contributed by atoms with Crippen molar-refractivity contribution >= 4 is 23.0 Å². The van der Waals surface area contributed by atoms with E-state index in [1.54, 1.807) is 12.4 Å². The number of rotatable bonds is 2. The maximum absolute atomic E-state index is 5.76. The third-order valence-electron chi connectivity index (χ3n) is 3.19. The SMILES string of the molecule is Clc1cnc(CN2CCCNc3ccccc32)cn1. The number of halogens is 1. The summed E-state index contributed by atoms with van der Waals surface area (Å²) >= 11 is 5.76. The molecule has 0 saturated carbocycles. The van der Waals surface area contributed by atoms with Crippen molar-refractivity contribution < 1.29 is 0 Å². The van der Waals surface area contributed by atoms with Gasteiger partial charge in [0.25, 0.3) is 0 Å². The van der Waals surface area contributed by atoms with Crippen LogP contribution in [0, 0.1) is 0 Å². The highest BCUT2D eigenvalue weighted by molar-refractivity contribution is 6.29. The minimum atomic E-state index is 0.432. The summed E-state index contributed by atoms with van der Waals surface area (Å²) in [5, 5.41) is 3.88. The Bertz CT molecular complexity index is 556. The van der Waals surface area contributed by atoms with E-state index in [0.29, 0.717) is 5.15 Å². The lowest BCUT2D eigenvalue weighted by molar-refractivity contribution is 0.749. The zero-order chi connectivity index (χ0) is 13.1. The maximum atomic E-state index is 5.76. The highest BCUT2D eigenvalue weighted by Gasteiger charge is 2.15. The van der Waals surface area contributed by atoms with Crippen molar-refractivity contribution in [1.29, 1.82) is 0 Å². The Morgan fingerprint density at radius 3 is 2.95 bits per heavy atom. The van der Waals surface area contributed by atoms with E-state index in [9.17, 15) is 0 Å². The largest absolute Gasteiger partial charge is 0.383 e. The summed E-state index contributed by atoms with van der Waals surface area (Å²) < 4.78 is 0. The first kappa shape index (κ1) is 12.2. The van der Waals surface area contributed by atoms with Crippen molar-refractivity contribution in [3.05, 3.63) is 47.5 Å². The normalized spacial score (nSPS) is 14.5. The van der Waals surface area contributed by atoms with Gasteiger partial charge in [-0.3, -0.25) is 4.98 Å². The van der Waals surface area contributed by atoms with Crippen molar-refractivity contribution in [3.8, 4) is 0 Å². The molecule has 2 heterocycles. The van der Waals surface area contributed by atoms with E-state index in [0.717, 1.165) is 31.7 Å². The minimum absolute atomic E-state index is 0.432. The van der Waals surface area contributed by atoms with Crippen LogP contribution in [-0.2, 0) is 6.54 Å². The molecule has 0 bridgehead atoms. The highest BCUT2D eigenvalue weighted by atomic mass is 35.5. The van der Waals surface area contributed by atoms with Gasteiger partial charge in [0.15, 0.2) is 0 Å². The molecule has 98 valence electrons. The fraction of sp³-hybridized carbons (Fsp3) is 0.286. The lowest BCUT2D eigenvalue weighted by Crippen LogP contribution is -2.23. The number of para-hydroxylation sites is 2. The fourth-order valence-electron chi connectivity index (χ4n) is 2.29. The van der Waals surface area contributed by atoms with Crippen LogP contribution in [0.25, 0.3) is 0 Å². The molecule has 3 rings (SSSR count). The van der Waals surface area contributed by atoms with E-state index in [1.807, 2.05) is 0 Å². The predicted molar refractivity (Wildman–Crippen MR) is 77.6 cm³/mol. The minimum Gasteiger partial charge on any atom is -0.383 e. The number of nitrogens with one attached hydrogen (secondary N) is 1. The van der Waals surface area contributed by atoms with E-state index < -0.39 is 0 Å². The van der Waals surface area contributed by atoms with Crippen LogP contribution in [0.15, 0.2) is 36.7 Å². The molecular formula is C14H15ClN4. The molecule has 0 saturated heterocycles. The monoisotopic (exact) mass is 274 g/mol. The molecular weight excluding hydrogens is 260 g/mol. The third kappa shape index (κ3) is 2.79. The summed E-state index contributed by atoms with van der Waals surface area (Å²) in [6, 6.07) is 8.36. The molecule has 5 heteroatoms. The number of hydrogen-bond acceptors (Lipinski definition) is 4. The van der Waals surface area contributed by atoms with E-state index in [4.69, 9.17) is 11.6 Å². The quantitative estimate of drug-likeness (QED) is 0.914. The van der Waals surface area contributed by atoms with Crippen molar-refractivity contribution in [1.82, 2.24) is 9.97 Å². The van der Waals surface area contributed by atoms with Crippen molar-refractivity contribution in [3.63, 3.8) is 0 Å². The van der Waals surface area contributed by atoms with Crippen molar-refractivity contribution in [2.75, 3.05) is 23.3 Å². The average Bonchev–Trinajstić information content (AvgIpc) is 2.64. The standard InChI is InChI=1S/C14H15ClN4/c15-14-9-17-11(8-18-14)10-19-7-3-6-16-12-4-1-2-5-13(12)19/h1-2,4-5,8-9,16H,3,6-7,10H2. The number of benzene rings is 1. The van der Waals surface area contributed by atoms with Crippen LogP contribution in [0.3, 0.4) is 0 Å². The second kappa shape index (κ2) is 5.45. The van der Waals surface area contributed by atoms with Gasteiger partial charge in [0.1, 0.15) is 5.15 Å². The van der Waals surface area contributed by atoms with Gasteiger partial charge in [0.05, 0.1) is 36.0 Å². The molecule has 19 heavy (non-hydrogen) atoms. The molecule has 4 nitrogen and oxygen atoms in total. The van der Waals surface area contributed by atoms with Crippen molar-refractivity contribution in [2.45, 2.75) is 13.0 Å². The van der Waals surface area contributed by atoms with Crippen LogP contribution < -0.4 is 10.2 Å². The van der Waals surface area contributed by atoms with E-state index >= 15 is 0 Å². The number of nitrogens with zero attached hydrogens (tertiary/aromatic N) is 3. The number of fused-ring (bicyclic) bond motifs is 1.